The number of rotatable bonds is 2. The van der Waals surface area contributed by atoms with Crippen molar-refractivity contribution in [2.24, 2.45) is 11.7 Å². The summed E-state index contributed by atoms with van der Waals surface area (Å²) in [5.74, 6) is 0.421. The minimum atomic E-state index is 0.0427. The molecule has 2 heterocycles. The number of nitrogens with two attached hydrogens (primary N) is 1. The fraction of sp³-hybridized carbons (Fsp3) is 0.417. The summed E-state index contributed by atoms with van der Waals surface area (Å²) < 4.78 is 2.13. The number of pyridine rings is 1. The van der Waals surface area contributed by atoms with Gasteiger partial charge in [-0.3, -0.25) is 4.40 Å². The summed E-state index contributed by atoms with van der Waals surface area (Å²) >= 11 is 0. The molecule has 0 spiro atoms. The number of fused-ring (bicyclic) bond motifs is 1. The molecule has 0 fully saturated rings. The molecule has 15 heavy (non-hydrogen) atoms. The van der Waals surface area contributed by atoms with Crippen LogP contribution in [0, 0.1) is 12.8 Å². The van der Waals surface area contributed by atoms with Crippen LogP contribution in [0.4, 0.5) is 0 Å². The summed E-state index contributed by atoms with van der Waals surface area (Å²) in [7, 11) is 0. The van der Waals surface area contributed by atoms with E-state index in [0.717, 1.165) is 11.3 Å². The molecule has 2 N–H and O–H groups in total. The van der Waals surface area contributed by atoms with E-state index in [2.05, 4.69) is 36.2 Å². The predicted octanol–water partition coefficient (Wildman–Crippen LogP) is 2.30. The summed E-state index contributed by atoms with van der Waals surface area (Å²) in [5, 5.41) is 0. The maximum atomic E-state index is 6.16. The van der Waals surface area contributed by atoms with Gasteiger partial charge >= 0.3 is 0 Å². The molecule has 0 bridgehead atoms. The van der Waals surface area contributed by atoms with E-state index in [9.17, 15) is 0 Å². The van der Waals surface area contributed by atoms with Crippen LogP contribution in [-0.2, 0) is 0 Å². The zero-order chi connectivity index (χ0) is 11.0. The van der Waals surface area contributed by atoms with Gasteiger partial charge in [0.25, 0.3) is 0 Å². The van der Waals surface area contributed by atoms with Gasteiger partial charge in [0.05, 0.1) is 11.9 Å². The van der Waals surface area contributed by atoms with Crippen LogP contribution < -0.4 is 5.73 Å². The molecule has 0 aliphatic carbocycles. The van der Waals surface area contributed by atoms with Gasteiger partial charge in [-0.2, -0.15) is 0 Å². The first kappa shape index (κ1) is 10.2. The Morgan fingerprint density at radius 3 is 2.73 bits per heavy atom. The maximum Gasteiger partial charge on any atom is 0.137 e. The van der Waals surface area contributed by atoms with Gasteiger partial charge in [0.2, 0.25) is 0 Å². The lowest BCUT2D eigenvalue weighted by Gasteiger charge is -2.16. The molecule has 0 aliphatic rings. The number of nitrogens with zero attached hydrogens (tertiary/aromatic N) is 2. The number of hydrogen-bond donors (Lipinski definition) is 1. The molecule has 1 unspecified atom stereocenters. The lowest BCUT2D eigenvalue weighted by molar-refractivity contribution is 0.499. The molecule has 3 heteroatoms. The zero-order valence-electron chi connectivity index (χ0n) is 9.44. The van der Waals surface area contributed by atoms with Gasteiger partial charge in [0.1, 0.15) is 5.65 Å². The van der Waals surface area contributed by atoms with E-state index in [4.69, 9.17) is 5.73 Å². The highest BCUT2D eigenvalue weighted by Gasteiger charge is 2.15. The Balaban J connectivity index is 2.62. The van der Waals surface area contributed by atoms with E-state index >= 15 is 0 Å². The van der Waals surface area contributed by atoms with Crippen LogP contribution in [0.25, 0.3) is 5.65 Å². The van der Waals surface area contributed by atoms with Crippen LogP contribution >= 0.6 is 0 Å². The Labute approximate surface area is 89.9 Å². The largest absolute Gasteiger partial charge is 0.322 e. The number of imidazole rings is 1. The zero-order valence-corrected chi connectivity index (χ0v) is 9.44. The van der Waals surface area contributed by atoms with Crippen molar-refractivity contribution >= 4 is 5.65 Å². The highest BCUT2D eigenvalue weighted by Crippen LogP contribution is 2.21. The number of aromatic nitrogens is 2. The van der Waals surface area contributed by atoms with Gasteiger partial charge in [0, 0.05) is 11.7 Å². The quantitative estimate of drug-likeness (QED) is 0.813. The smallest absolute Gasteiger partial charge is 0.137 e. The Bertz CT molecular complexity index is 471. The van der Waals surface area contributed by atoms with E-state index < -0.39 is 0 Å². The first-order valence-corrected chi connectivity index (χ1v) is 5.30. The van der Waals surface area contributed by atoms with Gasteiger partial charge < -0.3 is 5.73 Å². The molecule has 2 rings (SSSR count). The van der Waals surface area contributed by atoms with E-state index in [-0.39, 0.29) is 6.04 Å². The molecule has 0 aliphatic heterocycles. The van der Waals surface area contributed by atoms with Gasteiger partial charge in [-0.25, -0.2) is 4.98 Å². The summed E-state index contributed by atoms with van der Waals surface area (Å²) in [6.45, 7) is 6.33. The second-order valence-electron chi connectivity index (χ2n) is 4.31. The second kappa shape index (κ2) is 3.66. The Morgan fingerprint density at radius 2 is 2.07 bits per heavy atom. The second-order valence-corrected chi connectivity index (χ2v) is 4.31. The van der Waals surface area contributed by atoms with Crippen molar-refractivity contribution in [2.75, 3.05) is 0 Å². The average Bonchev–Trinajstić information content (AvgIpc) is 2.61. The summed E-state index contributed by atoms with van der Waals surface area (Å²) in [6, 6.07) is 6.14. The van der Waals surface area contributed by atoms with Gasteiger partial charge in [0.15, 0.2) is 0 Å². The van der Waals surface area contributed by atoms with E-state index in [0.29, 0.717) is 5.92 Å². The fourth-order valence-electron chi connectivity index (χ4n) is 1.81. The Kier molecular flexibility index (Phi) is 2.49. The maximum absolute atomic E-state index is 6.16. The van der Waals surface area contributed by atoms with Crippen molar-refractivity contribution in [1.82, 2.24) is 9.38 Å². The molecular weight excluding hydrogens is 186 g/mol. The lowest BCUT2D eigenvalue weighted by Crippen LogP contribution is -2.19. The molecule has 1 atom stereocenters. The summed E-state index contributed by atoms with van der Waals surface area (Å²) in [5.41, 5.74) is 9.40. The van der Waals surface area contributed by atoms with Crippen LogP contribution in [-0.4, -0.2) is 9.38 Å². The Morgan fingerprint density at radius 1 is 1.33 bits per heavy atom. The predicted molar refractivity (Wildman–Crippen MR) is 61.7 cm³/mol. The Hall–Kier alpha value is -1.35. The first-order chi connectivity index (χ1) is 7.11. The molecule has 2 aromatic rings. The minimum absolute atomic E-state index is 0.0427. The van der Waals surface area contributed by atoms with Crippen molar-refractivity contribution in [3.8, 4) is 0 Å². The fourth-order valence-corrected chi connectivity index (χ4v) is 1.81. The van der Waals surface area contributed by atoms with E-state index in [1.807, 2.05) is 18.3 Å². The molecule has 2 aromatic heterocycles. The topological polar surface area (TPSA) is 43.3 Å². The third kappa shape index (κ3) is 1.63. The molecule has 0 radical (unpaired) electrons. The van der Waals surface area contributed by atoms with Crippen molar-refractivity contribution in [3.05, 3.63) is 35.8 Å². The summed E-state index contributed by atoms with van der Waals surface area (Å²) in [4.78, 5) is 4.37. The first-order valence-electron chi connectivity index (χ1n) is 5.30. The highest BCUT2D eigenvalue weighted by atomic mass is 15.0. The highest BCUT2D eigenvalue weighted by molar-refractivity contribution is 5.42. The van der Waals surface area contributed by atoms with Crippen molar-refractivity contribution in [3.63, 3.8) is 0 Å². The summed E-state index contributed by atoms with van der Waals surface area (Å²) in [6.07, 6.45) is 1.88. The third-order valence-electron chi connectivity index (χ3n) is 2.81. The van der Waals surface area contributed by atoms with Crippen molar-refractivity contribution < 1.29 is 0 Å². The van der Waals surface area contributed by atoms with Crippen LogP contribution in [0.1, 0.15) is 31.3 Å². The van der Waals surface area contributed by atoms with Crippen LogP contribution in [0.2, 0.25) is 0 Å². The molecule has 0 saturated carbocycles. The molecule has 0 amide bonds. The van der Waals surface area contributed by atoms with Gasteiger partial charge in [-0.1, -0.05) is 19.9 Å². The van der Waals surface area contributed by atoms with E-state index in [1.54, 1.807) is 0 Å². The van der Waals surface area contributed by atoms with Gasteiger partial charge in [-0.15, -0.1) is 0 Å². The lowest BCUT2D eigenvalue weighted by atomic mass is 10.0. The molecule has 0 aromatic carbocycles. The third-order valence-corrected chi connectivity index (χ3v) is 2.81. The van der Waals surface area contributed by atoms with Crippen LogP contribution in [0.15, 0.2) is 24.4 Å². The van der Waals surface area contributed by atoms with Crippen molar-refractivity contribution in [2.45, 2.75) is 26.8 Å². The SMILES string of the molecule is Cc1cccc2ncc(C(N)C(C)C)n12. The molecule has 0 saturated heterocycles. The number of aryl methyl sites for hydroxylation is 1. The van der Waals surface area contributed by atoms with Crippen molar-refractivity contribution in [1.29, 1.82) is 0 Å². The molecule has 80 valence electrons. The van der Waals surface area contributed by atoms with Gasteiger partial charge in [-0.05, 0) is 25.0 Å². The normalized spacial score (nSPS) is 13.7. The average molecular weight is 203 g/mol. The standard InChI is InChI=1S/C12H17N3/c1-8(2)12(13)10-7-14-11-6-4-5-9(3)15(10)11/h4-8,12H,13H2,1-3H3. The number of hydrogen-bond acceptors (Lipinski definition) is 2. The monoisotopic (exact) mass is 203 g/mol. The molecular formula is C12H17N3. The van der Waals surface area contributed by atoms with Crippen LogP contribution in [0.5, 0.6) is 0 Å². The molecule has 3 nitrogen and oxygen atoms in total. The van der Waals surface area contributed by atoms with Crippen LogP contribution in [0.3, 0.4) is 0 Å². The van der Waals surface area contributed by atoms with E-state index in [1.165, 1.54) is 5.69 Å². The minimum Gasteiger partial charge on any atom is -0.322 e.